The maximum absolute atomic E-state index is 11.5. The number of aliphatic hydroxyl groups is 1. The van der Waals surface area contributed by atoms with Crippen molar-refractivity contribution in [3.63, 3.8) is 0 Å². The molecular weight excluding hydrogens is 252 g/mol. The smallest absolute Gasteiger partial charge is 0.156 e. The van der Waals surface area contributed by atoms with Gasteiger partial charge in [0, 0.05) is 11.8 Å². The molecule has 18 heavy (non-hydrogen) atoms. The second-order valence-electron chi connectivity index (χ2n) is 3.94. The molecule has 5 nitrogen and oxygen atoms in total. The number of sulfone groups is 1. The highest BCUT2D eigenvalue weighted by atomic mass is 32.2. The predicted molar refractivity (Wildman–Crippen MR) is 68.1 cm³/mol. The van der Waals surface area contributed by atoms with E-state index in [2.05, 4.69) is 5.10 Å². The highest BCUT2D eigenvalue weighted by molar-refractivity contribution is 7.90. The largest absolute Gasteiger partial charge is 0.395 e. The predicted octanol–water partition coefficient (Wildman–Crippen LogP) is 0.779. The number of hydrogen-bond donors (Lipinski definition) is 1. The molecule has 0 unspecified atom stereocenters. The summed E-state index contributed by atoms with van der Waals surface area (Å²) >= 11 is 0. The van der Waals surface area contributed by atoms with Crippen LogP contribution in [-0.4, -0.2) is 35.7 Å². The molecule has 2 rings (SSSR count). The number of hydrogen-bond acceptors (Lipinski definition) is 4. The molecule has 0 atom stereocenters. The van der Waals surface area contributed by atoms with Crippen molar-refractivity contribution in [2.75, 3.05) is 12.4 Å². The average molecular weight is 266 g/mol. The number of aliphatic hydroxyl groups excluding tert-OH is 1. The number of rotatable bonds is 5. The summed E-state index contributed by atoms with van der Waals surface area (Å²) < 4.78 is 24.7. The molecule has 0 aliphatic carbocycles. The zero-order valence-electron chi connectivity index (χ0n) is 9.73. The first-order chi connectivity index (χ1) is 8.61. The molecular formula is C12H14N2O3S. The molecule has 0 fully saturated rings. The van der Waals surface area contributed by atoms with Crippen LogP contribution in [0.3, 0.4) is 0 Å². The first-order valence-corrected chi connectivity index (χ1v) is 7.33. The van der Waals surface area contributed by atoms with Crippen LogP contribution < -0.4 is 0 Å². The van der Waals surface area contributed by atoms with Gasteiger partial charge in [-0.25, -0.2) is 13.1 Å². The lowest BCUT2D eigenvalue weighted by Crippen LogP contribution is -2.11. The van der Waals surface area contributed by atoms with Crippen molar-refractivity contribution in [3.8, 4) is 5.69 Å². The summed E-state index contributed by atoms with van der Waals surface area (Å²) in [6, 6.07) is 9.45. The second kappa shape index (κ2) is 5.32. The van der Waals surface area contributed by atoms with E-state index in [9.17, 15) is 8.42 Å². The highest BCUT2D eigenvalue weighted by Crippen LogP contribution is 2.10. The fourth-order valence-corrected chi connectivity index (χ4v) is 2.70. The molecule has 1 heterocycles. The van der Waals surface area contributed by atoms with Gasteiger partial charge in [0.05, 0.1) is 30.0 Å². The molecule has 1 aromatic heterocycles. The Morgan fingerprint density at radius 2 is 1.94 bits per heavy atom. The zero-order chi connectivity index (χ0) is 13.0. The summed E-state index contributed by atoms with van der Waals surface area (Å²) in [7, 11) is -3.26. The van der Waals surface area contributed by atoms with Gasteiger partial charge in [-0.05, 0) is 12.1 Å². The van der Waals surface area contributed by atoms with E-state index in [0.29, 0.717) is 5.56 Å². The molecule has 0 aliphatic rings. The Balaban J connectivity index is 2.17. The molecule has 1 N–H and O–H groups in total. The molecule has 0 radical (unpaired) electrons. The third kappa shape index (κ3) is 3.18. The van der Waals surface area contributed by atoms with Crippen LogP contribution in [0.1, 0.15) is 5.56 Å². The van der Waals surface area contributed by atoms with Gasteiger partial charge >= 0.3 is 0 Å². The monoisotopic (exact) mass is 266 g/mol. The Bertz CT molecular complexity index is 605. The van der Waals surface area contributed by atoms with Gasteiger partial charge in [0.25, 0.3) is 0 Å². The van der Waals surface area contributed by atoms with Crippen LogP contribution in [-0.2, 0) is 15.6 Å². The molecule has 0 saturated carbocycles. The van der Waals surface area contributed by atoms with Crippen molar-refractivity contribution in [3.05, 3.63) is 48.3 Å². The Labute approximate surface area is 106 Å². The summed E-state index contributed by atoms with van der Waals surface area (Å²) in [5, 5.41) is 12.8. The minimum atomic E-state index is -3.26. The minimum absolute atomic E-state index is 0.0968. The van der Waals surface area contributed by atoms with Crippen LogP contribution in [0, 0.1) is 0 Å². The van der Waals surface area contributed by atoms with E-state index >= 15 is 0 Å². The molecule has 0 saturated heterocycles. The Morgan fingerprint density at radius 1 is 1.22 bits per heavy atom. The van der Waals surface area contributed by atoms with Crippen LogP contribution in [0.2, 0.25) is 0 Å². The second-order valence-corrected chi connectivity index (χ2v) is 6.13. The van der Waals surface area contributed by atoms with Crippen molar-refractivity contribution in [2.45, 2.75) is 5.75 Å². The van der Waals surface area contributed by atoms with Gasteiger partial charge in [-0.15, -0.1) is 0 Å². The molecule has 0 bridgehead atoms. The molecule has 2 aromatic rings. The van der Waals surface area contributed by atoms with Gasteiger partial charge in [-0.3, -0.25) is 0 Å². The molecule has 0 aliphatic heterocycles. The van der Waals surface area contributed by atoms with Crippen molar-refractivity contribution in [1.29, 1.82) is 0 Å². The number of nitrogens with zero attached hydrogens (tertiary/aromatic N) is 2. The van der Waals surface area contributed by atoms with E-state index < -0.39 is 9.84 Å². The lowest BCUT2D eigenvalue weighted by molar-refractivity contribution is 0.319. The summed E-state index contributed by atoms with van der Waals surface area (Å²) in [5.41, 5.74) is 1.50. The minimum Gasteiger partial charge on any atom is -0.395 e. The maximum atomic E-state index is 11.5. The van der Waals surface area contributed by atoms with Gasteiger partial charge in [0.1, 0.15) is 0 Å². The van der Waals surface area contributed by atoms with Crippen molar-refractivity contribution < 1.29 is 13.5 Å². The van der Waals surface area contributed by atoms with Crippen LogP contribution in [0.4, 0.5) is 0 Å². The molecule has 1 aromatic carbocycles. The third-order valence-corrected chi connectivity index (χ3v) is 4.02. The topological polar surface area (TPSA) is 72.2 Å². The fraction of sp³-hybridized carbons (Fsp3) is 0.250. The van der Waals surface area contributed by atoms with Gasteiger partial charge in [0.15, 0.2) is 9.84 Å². The summed E-state index contributed by atoms with van der Waals surface area (Å²) in [6.07, 6.45) is 3.21. The lowest BCUT2D eigenvalue weighted by atomic mass is 10.3. The lowest BCUT2D eigenvalue weighted by Gasteiger charge is -2.00. The maximum Gasteiger partial charge on any atom is 0.156 e. The van der Waals surface area contributed by atoms with E-state index in [-0.39, 0.29) is 18.1 Å². The van der Waals surface area contributed by atoms with Gasteiger partial charge in [0.2, 0.25) is 0 Å². The SMILES string of the molecule is O=S(=O)(CCO)Cc1cnn(-c2ccccc2)c1. The highest BCUT2D eigenvalue weighted by Gasteiger charge is 2.12. The van der Waals surface area contributed by atoms with Crippen molar-refractivity contribution in [1.82, 2.24) is 9.78 Å². The van der Waals surface area contributed by atoms with E-state index in [4.69, 9.17) is 5.11 Å². The van der Waals surface area contributed by atoms with E-state index in [1.165, 1.54) is 6.20 Å². The Hall–Kier alpha value is -1.66. The van der Waals surface area contributed by atoms with E-state index in [1.54, 1.807) is 10.9 Å². The molecule has 6 heteroatoms. The molecule has 96 valence electrons. The Kier molecular flexibility index (Phi) is 3.78. The number of aromatic nitrogens is 2. The summed E-state index contributed by atoms with van der Waals surface area (Å²) in [5.74, 6) is -0.316. The first kappa shape index (κ1) is 12.8. The Morgan fingerprint density at radius 3 is 2.61 bits per heavy atom. The van der Waals surface area contributed by atoms with Crippen LogP contribution in [0.25, 0.3) is 5.69 Å². The van der Waals surface area contributed by atoms with Gasteiger partial charge in [-0.1, -0.05) is 18.2 Å². The normalized spacial score (nSPS) is 11.6. The summed E-state index contributed by atoms with van der Waals surface area (Å²) in [6.45, 7) is -0.352. The van der Waals surface area contributed by atoms with Crippen LogP contribution >= 0.6 is 0 Å². The average Bonchev–Trinajstić information content (AvgIpc) is 2.77. The van der Waals surface area contributed by atoms with Crippen LogP contribution in [0.15, 0.2) is 42.7 Å². The van der Waals surface area contributed by atoms with E-state index in [1.807, 2.05) is 30.3 Å². The zero-order valence-corrected chi connectivity index (χ0v) is 10.5. The van der Waals surface area contributed by atoms with Crippen molar-refractivity contribution in [2.24, 2.45) is 0 Å². The third-order valence-electron chi connectivity index (χ3n) is 2.45. The van der Waals surface area contributed by atoms with Gasteiger partial charge < -0.3 is 5.11 Å². The number of para-hydroxylation sites is 1. The van der Waals surface area contributed by atoms with Crippen LogP contribution in [0.5, 0.6) is 0 Å². The van der Waals surface area contributed by atoms with Crippen molar-refractivity contribution >= 4 is 9.84 Å². The van der Waals surface area contributed by atoms with E-state index in [0.717, 1.165) is 5.69 Å². The molecule has 0 amide bonds. The fourth-order valence-electron chi connectivity index (χ4n) is 1.62. The first-order valence-electron chi connectivity index (χ1n) is 5.51. The number of benzene rings is 1. The quantitative estimate of drug-likeness (QED) is 0.868. The standard InChI is InChI=1S/C12H14N2O3S/c15-6-7-18(16,17)10-11-8-13-14(9-11)12-4-2-1-3-5-12/h1-5,8-9,15H,6-7,10H2. The summed E-state index contributed by atoms with van der Waals surface area (Å²) in [4.78, 5) is 0. The van der Waals surface area contributed by atoms with Gasteiger partial charge in [-0.2, -0.15) is 5.10 Å². The molecule has 0 spiro atoms.